The first kappa shape index (κ1) is 40.7. The highest BCUT2D eigenvalue weighted by Gasteiger charge is 2.44. The number of aliphatic hydroxyl groups excluding tert-OH is 6. The van der Waals surface area contributed by atoms with E-state index in [1.807, 2.05) is 0 Å². The first-order valence-electron chi connectivity index (χ1n) is 17.0. The quantitative estimate of drug-likeness (QED) is 0.0489. The molecule has 0 saturated carbocycles. The lowest BCUT2D eigenvalue weighted by molar-refractivity contribution is -0.303. The van der Waals surface area contributed by atoms with Gasteiger partial charge in [-0.15, -0.1) is 0 Å². The van der Waals surface area contributed by atoms with E-state index in [1.54, 1.807) is 6.92 Å². The van der Waals surface area contributed by atoms with E-state index in [9.17, 15) is 40.2 Å². The predicted molar refractivity (Wildman–Crippen MR) is 170 cm³/mol. The molecule has 3 unspecified atom stereocenters. The van der Waals surface area contributed by atoms with Crippen molar-refractivity contribution in [1.29, 1.82) is 0 Å². The molecule has 8 N–H and O–H groups in total. The van der Waals surface area contributed by atoms with Crippen LogP contribution >= 0.6 is 0 Å². The van der Waals surface area contributed by atoms with E-state index < -0.39 is 55.6 Å². The summed E-state index contributed by atoms with van der Waals surface area (Å²) in [6.07, 6.45) is 6.36. The molecule has 1 aliphatic rings. The van der Waals surface area contributed by atoms with Crippen molar-refractivity contribution in [2.45, 2.75) is 165 Å². The van der Waals surface area contributed by atoms with Crippen LogP contribution in [-0.4, -0.2) is 119 Å². The highest BCUT2D eigenvalue weighted by molar-refractivity contribution is 6.08. The molecule has 0 aliphatic carbocycles. The van der Waals surface area contributed by atoms with E-state index >= 15 is 0 Å². The number of nitrogens with one attached hydrogen (secondary N) is 2. The third-order valence-corrected chi connectivity index (χ3v) is 8.27. The molecular weight excluding hydrogens is 571 g/mol. The number of unbranched alkanes of at least 4 members (excludes halogenated alkanes) is 11. The standard InChI is InChI=1S/C31H61BN2O10/c1-2-23(36)27(39)22(21-43-31-30(42)29(41)28(40)24(20-35)44-31)34-26(38)17-13-8-6-4-3-5-7-11-15-19-33-25(37)16-12-9-10-14-18-32/h22-24,27-31,35-36,39-42H,2-21,32H2,1H3,(H,33,37)(H,34,38)/t22-,23+,24?,27-,28-,29-,30?,31?/m0/s1. The third kappa shape index (κ3) is 16.8. The van der Waals surface area contributed by atoms with E-state index in [1.165, 1.54) is 19.2 Å². The van der Waals surface area contributed by atoms with Crippen LogP contribution in [0, 0.1) is 0 Å². The Balaban J connectivity index is 2.20. The van der Waals surface area contributed by atoms with Gasteiger partial charge in [-0.05, 0) is 25.7 Å². The molecule has 0 aromatic carbocycles. The lowest BCUT2D eigenvalue weighted by Crippen LogP contribution is -2.60. The minimum absolute atomic E-state index is 0.168. The Morgan fingerprint density at radius 2 is 1.34 bits per heavy atom. The summed E-state index contributed by atoms with van der Waals surface area (Å²) in [6, 6.07) is -1.01. The van der Waals surface area contributed by atoms with Crippen LogP contribution in [0.2, 0.25) is 6.32 Å². The van der Waals surface area contributed by atoms with Crippen molar-refractivity contribution < 1.29 is 49.7 Å². The molecular formula is C31H61BN2O10. The van der Waals surface area contributed by atoms with Crippen molar-refractivity contribution >= 4 is 19.7 Å². The molecule has 0 spiro atoms. The maximum absolute atomic E-state index is 12.6. The molecule has 1 saturated heterocycles. The monoisotopic (exact) mass is 632 g/mol. The van der Waals surface area contributed by atoms with Gasteiger partial charge >= 0.3 is 0 Å². The number of carbonyl (C=O) groups excluding carboxylic acids is 2. The van der Waals surface area contributed by atoms with Crippen molar-refractivity contribution in [2.75, 3.05) is 19.8 Å². The normalized spacial score (nSPS) is 24.0. The van der Waals surface area contributed by atoms with Crippen LogP contribution in [0.4, 0.5) is 0 Å². The third-order valence-electron chi connectivity index (χ3n) is 8.27. The zero-order chi connectivity index (χ0) is 32.7. The van der Waals surface area contributed by atoms with E-state index in [0.717, 1.165) is 70.8 Å². The lowest BCUT2D eigenvalue weighted by Gasteiger charge is -2.40. The molecule has 1 fully saturated rings. The van der Waals surface area contributed by atoms with E-state index in [-0.39, 0.29) is 31.3 Å². The SMILES string of the molecule is BCCCCCCC(=O)NCCCCCCCCCCCC(=O)N[C@@H](COC1OC(CO)[C@H](O)[C@H](O)C1O)[C@H](O)[C@H](O)CC. The van der Waals surface area contributed by atoms with Crippen LogP contribution < -0.4 is 10.6 Å². The largest absolute Gasteiger partial charge is 0.394 e. The highest BCUT2D eigenvalue weighted by atomic mass is 16.7. The number of ether oxygens (including phenoxy) is 2. The molecule has 0 aromatic rings. The second-order valence-electron chi connectivity index (χ2n) is 12.1. The minimum Gasteiger partial charge on any atom is -0.394 e. The molecule has 44 heavy (non-hydrogen) atoms. The van der Waals surface area contributed by atoms with Gasteiger partial charge in [0, 0.05) is 19.4 Å². The van der Waals surface area contributed by atoms with Gasteiger partial charge < -0.3 is 50.7 Å². The lowest BCUT2D eigenvalue weighted by atomic mass is 9.98. The highest BCUT2D eigenvalue weighted by Crippen LogP contribution is 2.22. The zero-order valence-corrected chi connectivity index (χ0v) is 27.1. The van der Waals surface area contributed by atoms with Crippen molar-refractivity contribution in [3.8, 4) is 0 Å². The summed E-state index contributed by atoms with van der Waals surface area (Å²) >= 11 is 0. The molecule has 13 heteroatoms. The fourth-order valence-electron chi connectivity index (χ4n) is 5.27. The summed E-state index contributed by atoms with van der Waals surface area (Å²) < 4.78 is 10.8. The summed E-state index contributed by atoms with van der Waals surface area (Å²) in [7, 11) is 2.19. The number of amides is 2. The predicted octanol–water partition coefficient (Wildman–Crippen LogP) is 0.439. The van der Waals surface area contributed by atoms with Crippen molar-refractivity contribution in [3.63, 3.8) is 0 Å². The summed E-state index contributed by atoms with van der Waals surface area (Å²) in [4.78, 5) is 24.4. The van der Waals surface area contributed by atoms with Crippen LogP contribution in [0.5, 0.6) is 0 Å². The van der Waals surface area contributed by atoms with Gasteiger partial charge in [-0.3, -0.25) is 9.59 Å². The molecule has 0 bridgehead atoms. The van der Waals surface area contributed by atoms with E-state index in [0.29, 0.717) is 12.8 Å². The maximum atomic E-state index is 12.6. The van der Waals surface area contributed by atoms with Gasteiger partial charge in [-0.2, -0.15) is 0 Å². The van der Waals surface area contributed by atoms with Crippen LogP contribution in [0.3, 0.4) is 0 Å². The van der Waals surface area contributed by atoms with Crippen molar-refractivity contribution in [3.05, 3.63) is 0 Å². The van der Waals surface area contributed by atoms with Gasteiger partial charge in [-0.1, -0.05) is 77.5 Å². The molecule has 1 rings (SSSR count). The average molecular weight is 633 g/mol. The Kier molecular flexibility index (Phi) is 23.0. The summed E-state index contributed by atoms with van der Waals surface area (Å²) in [6.45, 7) is 1.49. The van der Waals surface area contributed by atoms with Crippen LogP contribution in [0.15, 0.2) is 0 Å². The Morgan fingerprint density at radius 1 is 0.795 bits per heavy atom. The number of hydrogen-bond donors (Lipinski definition) is 8. The van der Waals surface area contributed by atoms with E-state index in [2.05, 4.69) is 18.5 Å². The van der Waals surface area contributed by atoms with Gasteiger partial charge in [0.1, 0.15) is 38.4 Å². The van der Waals surface area contributed by atoms with Gasteiger partial charge in [0.15, 0.2) is 6.29 Å². The zero-order valence-electron chi connectivity index (χ0n) is 27.1. The molecule has 12 nitrogen and oxygen atoms in total. The second kappa shape index (κ2) is 24.9. The van der Waals surface area contributed by atoms with Crippen LogP contribution in [0.1, 0.15) is 110 Å². The number of rotatable bonds is 26. The van der Waals surface area contributed by atoms with Gasteiger partial charge in [0.25, 0.3) is 0 Å². The molecule has 1 aliphatic heterocycles. The van der Waals surface area contributed by atoms with Crippen molar-refractivity contribution in [1.82, 2.24) is 10.6 Å². The number of carbonyl (C=O) groups is 2. The Morgan fingerprint density at radius 3 is 1.91 bits per heavy atom. The smallest absolute Gasteiger partial charge is 0.220 e. The summed E-state index contributed by atoms with van der Waals surface area (Å²) in [5.41, 5.74) is 0. The second-order valence-corrected chi connectivity index (χ2v) is 12.1. The topological polar surface area (TPSA) is 198 Å². The molecule has 1 heterocycles. The van der Waals surface area contributed by atoms with Crippen molar-refractivity contribution in [2.24, 2.45) is 0 Å². The van der Waals surface area contributed by atoms with Gasteiger partial charge in [0.05, 0.1) is 25.4 Å². The van der Waals surface area contributed by atoms with Gasteiger partial charge in [-0.25, -0.2) is 0 Å². The average Bonchev–Trinajstić information content (AvgIpc) is 3.02. The Labute approximate surface area is 264 Å². The molecule has 2 amide bonds. The maximum Gasteiger partial charge on any atom is 0.220 e. The molecule has 0 radical (unpaired) electrons. The van der Waals surface area contributed by atoms with Gasteiger partial charge in [0.2, 0.25) is 11.8 Å². The molecule has 0 aromatic heterocycles. The number of aliphatic hydroxyl groups is 6. The molecule has 8 atom stereocenters. The minimum atomic E-state index is -1.61. The first-order valence-corrected chi connectivity index (χ1v) is 17.0. The Bertz CT molecular complexity index is 750. The summed E-state index contributed by atoms with van der Waals surface area (Å²) in [5.74, 6) is -0.139. The fourth-order valence-corrected chi connectivity index (χ4v) is 5.27. The first-order chi connectivity index (χ1) is 21.2. The fraction of sp³-hybridized carbons (Fsp3) is 0.935. The van der Waals surface area contributed by atoms with Crippen LogP contribution in [0.25, 0.3) is 0 Å². The molecule has 258 valence electrons. The summed E-state index contributed by atoms with van der Waals surface area (Å²) in [5, 5.41) is 65.8. The van der Waals surface area contributed by atoms with Crippen LogP contribution in [-0.2, 0) is 19.1 Å². The van der Waals surface area contributed by atoms with E-state index in [4.69, 9.17) is 9.47 Å². The Hall–Kier alpha value is -1.32. The number of hydrogen-bond acceptors (Lipinski definition) is 10.